The van der Waals surface area contributed by atoms with E-state index in [-0.39, 0.29) is 11.9 Å². The predicted molar refractivity (Wildman–Crippen MR) is 61.1 cm³/mol. The normalized spacial score (nSPS) is 34.7. The maximum Gasteiger partial charge on any atom is 0.302 e. The van der Waals surface area contributed by atoms with Gasteiger partial charge in [0.1, 0.15) is 0 Å². The lowest BCUT2D eigenvalue weighted by molar-refractivity contribution is -0.148. The molecule has 4 heteroatoms. The Bertz CT molecular complexity index is 283. The van der Waals surface area contributed by atoms with Gasteiger partial charge in [0.25, 0.3) is 0 Å². The van der Waals surface area contributed by atoms with Gasteiger partial charge in [0.15, 0.2) is 0 Å². The molecule has 2 aliphatic carbocycles. The quantitative estimate of drug-likeness (QED) is 0.703. The number of esters is 2. The van der Waals surface area contributed by atoms with Crippen molar-refractivity contribution < 1.29 is 19.1 Å². The van der Waals surface area contributed by atoms with Crippen molar-refractivity contribution in [2.75, 3.05) is 13.2 Å². The van der Waals surface area contributed by atoms with E-state index in [1.165, 1.54) is 33.1 Å². The Balaban J connectivity index is 1.91. The third-order valence-corrected chi connectivity index (χ3v) is 4.23. The van der Waals surface area contributed by atoms with Crippen molar-refractivity contribution in [3.8, 4) is 0 Å². The summed E-state index contributed by atoms with van der Waals surface area (Å²) in [5, 5.41) is 0. The molecule has 0 heterocycles. The first-order valence-electron chi connectivity index (χ1n) is 6.34. The number of fused-ring (bicyclic) bond motifs is 2. The summed E-state index contributed by atoms with van der Waals surface area (Å²) < 4.78 is 10.3. The van der Waals surface area contributed by atoms with Gasteiger partial charge in [-0.05, 0) is 31.1 Å². The lowest BCUT2D eigenvalue weighted by Crippen LogP contribution is -2.31. The molecule has 2 aliphatic rings. The van der Waals surface area contributed by atoms with Crippen molar-refractivity contribution in [3.63, 3.8) is 0 Å². The van der Waals surface area contributed by atoms with E-state index in [1.807, 2.05) is 0 Å². The molecule has 0 aliphatic heterocycles. The van der Waals surface area contributed by atoms with E-state index in [4.69, 9.17) is 9.47 Å². The van der Waals surface area contributed by atoms with Crippen molar-refractivity contribution in [1.82, 2.24) is 0 Å². The third-order valence-electron chi connectivity index (χ3n) is 4.23. The standard InChI is InChI=1S/C13H20O4/c1-8(14)16-6-12-10-3-4-11(5-10)13(12)7-17-9(2)15/h10-13H,3-7H2,1-2H3. The van der Waals surface area contributed by atoms with Crippen LogP contribution in [0.1, 0.15) is 33.1 Å². The van der Waals surface area contributed by atoms with Gasteiger partial charge in [-0.15, -0.1) is 0 Å². The summed E-state index contributed by atoms with van der Waals surface area (Å²) in [5.41, 5.74) is 0. The van der Waals surface area contributed by atoms with E-state index < -0.39 is 0 Å². The molecule has 0 aromatic rings. The van der Waals surface area contributed by atoms with Crippen LogP contribution in [0.4, 0.5) is 0 Å². The van der Waals surface area contributed by atoms with Crippen LogP contribution in [0.15, 0.2) is 0 Å². The highest BCUT2D eigenvalue weighted by Crippen LogP contribution is 2.52. The molecule has 2 rings (SSSR count). The van der Waals surface area contributed by atoms with Gasteiger partial charge in [-0.25, -0.2) is 0 Å². The molecule has 0 aromatic carbocycles. The Labute approximate surface area is 102 Å². The van der Waals surface area contributed by atoms with Gasteiger partial charge < -0.3 is 9.47 Å². The molecule has 0 amide bonds. The second-order valence-corrected chi connectivity index (χ2v) is 5.27. The first-order valence-corrected chi connectivity index (χ1v) is 6.34. The fourth-order valence-electron chi connectivity index (χ4n) is 3.48. The van der Waals surface area contributed by atoms with Crippen LogP contribution in [0.3, 0.4) is 0 Å². The van der Waals surface area contributed by atoms with Crippen LogP contribution in [-0.2, 0) is 19.1 Å². The minimum absolute atomic E-state index is 0.223. The minimum Gasteiger partial charge on any atom is -0.466 e. The molecule has 2 saturated carbocycles. The predicted octanol–water partition coefficient (Wildman–Crippen LogP) is 1.77. The maximum absolute atomic E-state index is 10.9. The van der Waals surface area contributed by atoms with E-state index in [9.17, 15) is 9.59 Å². The Hall–Kier alpha value is -1.06. The fraction of sp³-hybridized carbons (Fsp3) is 0.846. The first kappa shape index (κ1) is 12.4. The fourth-order valence-corrected chi connectivity index (χ4v) is 3.48. The lowest BCUT2D eigenvalue weighted by Gasteiger charge is -2.30. The van der Waals surface area contributed by atoms with E-state index >= 15 is 0 Å². The van der Waals surface area contributed by atoms with E-state index in [1.54, 1.807) is 0 Å². The lowest BCUT2D eigenvalue weighted by atomic mass is 9.80. The first-order chi connectivity index (χ1) is 8.08. The average Bonchev–Trinajstić information content (AvgIpc) is 2.83. The minimum atomic E-state index is -0.223. The molecule has 4 unspecified atom stereocenters. The molecule has 0 aromatic heterocycles. The zero-order valence-electron chi connectivity index (χ0n) is 10.5. The van der Waals surface area contributed by atoms with E-state index in [2.05, 4.69) is 0 Å². The molecule has 0 spiro atoms. The molecule has 0 saturated heterocycles. The summed E-state index contributed by atoms with van der Waals surface area (Å²) in [7, 11) is 0. The van der Waals surface area contributed by atoms with Crippen LogP contribution in [0.25, 0.3) is 0 Å². The highest BCUT2D eigenvalue weighted by atomic mass is 16.5. The summed E-state index contributed by atoms with van der Waals surface area (Å²) in [6.45, 7) is 3.85. The van der Waals surface area contributed by atoms with Crippen molar-refractivity contribution in [2.45, 2.75) is 33.1 Å². The molecule has 4 atom stereocenters. The maximum atomic E-state index is 10.9. The second-order valence-electron chi connectivity index (χ2n) is 5.27. The van der Waals surface area contributed by atoms with Gasteiger partial charge >= 0.3 is 11.9 Å². The highest BCUT2D eigenvalue weighted by molar-refractivity contribution is 5.66. The summed E-state index contributed by atoms with van der Waals surface area (Å²) >= 11 is 0. The number of carbonyl (C=O) groups is 2. The van der Waals surface area contributed by atoms with Gasteiger partial charge in [0, 0.05) is 25.7 Å². The largest absolute Gasteiger partial charge is 0.466 e. The van der Waals surface area contributed by atoms with Crippen LogP contribution in [0.2, 0.25) is 0 Å². The molecule has 0 N–H and O–H groups in total. The van der Waals surface area contributed by atoms with Crippen molar-refractivity contribution in [3.05, 3.63) is 0 Å². The van der Waals surface area contributed by atoms with Crippen molar-refractivity contribution in [2.24, 2.45) is 23.7 Å². The zero-order chi connectivity index (χ0) is 12.4. The van der Waals surface area contributed by atoms with Crippen molar-refractivity contribution >= 4 is 11.9 Å². The van der Waals surface area contributed by atoms with Crippen LogP contribution in [0, 0.1) is 23.7 Å². The number of ether oxygens (including phenoxy) is 2. The highest BCUT2D eigenvalue weighted by Gasteiger charge is 2.48. The Morgan fingerprint density at radius 3 is 1.71 bits per heavy atom. The van der Waals surface area contributed by atoms with Crippen molar-refractivity contribution in [1.29, 1.82) is 0 Å². The Morgan fingerprint density at radius 1 is 0.941 bits per heavy atom. The summed E-state index contributed by atoms with van der Waals surface area (Å²) in [4.78, 5) is 21.7. The van der Waals surface area contributed by atoms with Gasteiger partial charge in [0.2, 0.25) is 0 Å². The van der Waals surface area contributed by atoms with Crippen LogP contribution >= 0.6 is 0 Å². The molecule has 17 heavy (non-hydrogen) atoms. The average molecular weight is 240 g/mol. The van der Waals surface area contributed by atoms with Gasteiger partial charge in [-0.2, -0.15) is 0 Å². The van der Waals surface area contributed by atoms with Gasteiger partial charge in [0.05, 0.1) is 13.2 Å². The number of carbonyl (C=O) groups excluding carboxylic acids is 2. The molecule has 4 nitrogen and oxygen atoms in total. The van der Waals surface area contributed by atoms with Crippen LogP contribution < -0.4 is 0 Å². The molecule has 96 valence electrons. The summed E-state index contributed by atoms with van der Waals surface area (Å²) in [6.07, 6.45) is 3.66. The Kier molecular flexibility index (Phi) is 3.69. The van der Waals surface area contributed by atoms with Gasteiger partial charge in [-0.3, -0.25) is 9.59 Å². The molecule has 2 bridgehead atoms. The van der Waals surface area contributed by atoms with E-state index in [0.717, 1.165) is 0 Å². The number of hydrogen-bond acceptors (Lipinski definition) is 4. The zero-order valence-corrected chi connectivity index (χ0v) is 10.5. The second kappa shape index (κ2) is 5.07. The molecular formula is C13H20O4. The summed E-state index contributed by atoms with van der Waals surface area (Å²) in [6, 6.07) is 0. The SMILES string of the molecule is CC(=O)OCC1C2CCC(C2)C1COC(C)=O. The molecule has 2 fully saturated rings. The molecule has 0 radical (unpaired) electrons. The number of rotatable bonds is 4. The molecular weight excluding hydrogens is 220 g/mol. The Morgan fingerprint density at radius 2 is 1.35 bits per heavy atom. The monoisotopic (exact) mass is 240 g/mol. The van der Waals surface area contributed by atoms with Crippen LogP contribution in [0.5, 0.6) is 0 Å². The van der Waals surface area contributed by atoms with E-state index in [0.29, 0.717) is 36.9 Å². The number of hydrogen-bond donors (Lipinski definition) is 0. The third kappa shape index (κ3) is 2.79. The van der Waals surface area contributed by atoms with Crippen LogP contribution in [-0.4, -0.2) is 25.2 Å². The topological polar surface area (TPSA) is 52.6 Å². The smallest absolute Gasteiger partial charge is 0.302 e. The van der Waals surface area contributed by atoms with Gasteiger partial charge in [-0.1, -0.05) is 0 Å². The summed E-state index contributed by atoms with van der Waals surface area (Å²) in [5.74, 6) is 1.63.